The van der Waals surface area contributed by atoms with Crippen molar-refractivity contribution in [2.75, 3.05) is 0 Å². The van der Waals surface area contributed by atoms with Crippen LogP contribution in [0.1, 0.15) is 36.0 Å². The van der Waals surface area contributed by atoms with Crippen molar-refractivity contribution in [3.05, 3.63) is 82.7 Å². The molecule has 1 fully saturated rings. The lowest BCUT2D eigenvalue weighted by atomic mass is 9.94. The van der Waals surface area contributed by atoms with Crippen LogP contribution in [0.15, 0.2) is 60.2 Å². The van der Waals surface area contributed by atoms with E-state index in [1.165, 1.54) is 11.6 Å². The van der Waals surface area contributed by atoms with Crippen molar-refractivity contribution >= 4 is 0 Å². The first-order valence-corrected chi connectivity index (χ1v) is 9.25. The molecule has 2 aliphatic rings. The molecule has 0 N–H and O–H groups in total. The second kappa shape index (κ2) is 7.12. The lowest BCUT2D eigenvalue weighted by Crippen LogP contribution is -2.38. The second-order valence-corrected chi connectivity index (χ2v) is 7.47. The fraction of sp³-hybridized carbons (Fsp3) is 0.364. The molecule has 2 unspecified atom stereocenters. The topological polar surface area (TPSA) is 3.24 Å². The first-order valence-electron chi connectivity index (χ1n) is 9.25. The lowest BCUT2D eigenvalue weighted by molar-refractivity contribution is -0.137. The molecule has 4 rings (SSSR count). The minimum absolute atomic E-state index is 0.330. The Balaban J connectivity index is 1.48. The van der Waals surface area contributed by atoms with E-state index in [4.69, 9.17) is 0 Å². The van der Waals surface area contributed by atoms with E-state index in [2.05, 4.69) is 23.1 Å². The average Bonchev–Trinajstić information content (AvgIpc) is 2.86. The minimum Gasteiger partial charge on any atom is -0.289 e. The SMILES string of the molecule is Fc1cc(C(F)(F)F)ccc1CC1=CC2CCC(C1)N2Cc1ccccc1. The van der Waals surface area contributed by atoms with Gasteiger partial charge >= 0.3 is 6.18 Å². The number of rotatable bonds is 4. The van der Waals surface area contributed by atoms with Crippen molar-refractivity contribution in [3.8, 4) is 0 Å². The molecule has 1 saturated heterocycles. The summed E-state index contributed by atoms with van der Waals surface area (Å²) in [6.45, 7) is 0.897. The van der Waals surface area contributed by atoms with Gasteiger partial charge in [0.05, 0.1) is 5.56 Å². The molecule has 2 atom stereocenters. The molecular weight excluding hydrogens is 354 g/mol. The Hall–Kier alpha value is -2.14. The van der Waals surface area contributed by atoms with Crippen LogP contribution in [0.2, 0.25) is 0 Å². The summed E-state index contributed by atoms with van der Waals surface area (Å²) in [7, 11) is 0. The molecular formula is C22H21F4N. The molecule has 142 valence electrons. The fourth-order valence-corrected chi connectivity index (χ4v) is 4.29. The highest BCUT2D eigenvalue weighted by molar-refractivity contribution is 5.31. The van der Waals surface area contributed by atoms with Gasteiger partial charge < -0.3 is 0 Å². The highest BCUT2D eigenvalue weighted by Gasteiger charge is 2.36. The summed E-state index contributed by atoms with van der Waals surface area (Å²) in [5.74, 6) is -0.773. The van der Waals surface area contributed by atoms with Gasteiger partial charge in [0.15, 0.2) is 0 Å². The van der Waals surface area contributed by atoms with E-state index in [1.807, 2.05) is 18.2 Å². The van der Waals surface area contributed by atoms with Crippen LogP contribution in [-0.4, -0.2) is 17.0 Å². The summed E-state index contributed by atoms with van der Waals surface area (Å²) in [6.07, 6.45) is 1.10. The Kier molecular flexibility index (Phi) is 4.81. The summed E-state index contributed by atoms with van der Waals surface area (Å²) in [5.41, 5.74) is 1.81. The number of benzene rings is 2. The summed E-state index contributed by atoms with van der Waals surface area (Å²) in [4.78, 5) is 2.49. The highest BCUT2D eigenvalue weighted by Crippen LogP contribution is 2.37. The predicted octanol–water partition coefficient (Wildman–Crippen LogP) is 5.75. The zero-order chi connectivity index (χ0) is 19.0. The van der Waals surface area contributed by atoms with Crippen LogP contribution in [0.25, 0.3) is 0 Å². The van der Waals surface area contributed by atoms with Gasteiger partial charge in [-0.25, -0.2) is 4.39 Å². The quantitative estimate of drug-likeness (QED) is 0.486. The Morgan fingerprint density at radius 2 is 1.78 bits per heavy atom. The van der Waals surface area contributed by atoms with Gasteiger partial charge in [-0.1, -0.05) is 48.0 Å². The third-order valence-electron chi connectivity index (χ3n) is 5.62. The molecule has 0 spiro atoms. The van der Waals surface area contributed by atoms with Gasteiger partial charge in [-0.05, 0) is 48.9 Å². The van der Waals surface area contributed by atoms with E-state index in [-0.39, 0.29) is 0 Å². The monoisotopic (exact) mass is 375 g/mol. The molecule has 0 amide bonds. The Morgan fingerprint density at radius 3 is 2.44 bits per heavy atom. The number of alkyl halides is 3. The average molecular weight is 375 g/mol. The van der Waals surface area contributed by atoms with E-state index in [9.17, 15) is 17.6 Å². The maximum Gasteiger partial charge on any atom is 0.416 e. The van der Waals surface area contributed by atoms with Gasteiger partial charge in [0.25, 0.3) is 0 Å². The number of halogens is 4. The summed E-state index contributed by atoms with van der Waals surface area (Å²) >= 11 is 0. The summed E-state index contributed by atoms with van der Waals surface area (Å²) in [6, 6.07) is 13.9. The predicted molar refractivity (Wildman–Crippen MR) is 96.6 cm³/mol. The van der Waals surface area contributed by atoms with Crippen LogP contribution in [-0.2, 0) is 19.1 Å². The summed E-state index contributed by atoms with van der Waals surface area (Å²) in [5, 5.41) is 0. The van der Waals surface area contributed by atoms with Crippen molar-refractivity contribution in [2.45, 2.75) is 50.5 Å². The van der Waals surface area contributed by atoms with E-state index in [1.54, 1.807) is 0 Å². The molecule has 2 aromatic carbocycles. The van der Waals surface area contributed by atoms with Crippen molar-refractivity contribution in [1.29, 1.82) is 0 Å². The smallest absolute Gasteiger partial charge is 0.289 e. The molecule has 1 nitrogen and oxygen atoms in total. The lowest BCUT2D eigenvalue weighted by Gasteiger charge is -2.34. The van der Waals surface area contributed by atoms with E-state index in [0.29, 0.717) is 30.1 Å². The van der Waals surface area contributed by atoms with Crippen LogP contribution >= 0.6 is 0 Å². The van der Waals surface area contributed by atoms with Gasteiger partial charge in [0, 0.05) is 18.6 Å². The molecule has 2 aromatic rings. The number of nitrogens with zero attached hydrogens (tertiary/aromatic N) is 1. The van der Waals surface area contributed by atoms with E-state index in [0.717, 1.165) is 37.4 Å². The molecule has 0 aliphatic carbocycles. The van der Waals surface area contributed by atoms with Gasteiger partial charge in [-0.3, -0.25) is 4.90 Å². The van der Waals surface area contributed by atoms with Crippen LogP contribution in [0.5, 0.6) is 0 Å². The molecule has 2 aliphatic heterocycles. The van der Waals surface area contributed by atoms with E-state index < -0.39 is 17.6 Å². The van der Waals surface area contributed by atoms with Crippen LogP contribution in [0.3, 0.4) is 0 Å². The first-order chi connectivity index (χ1) is 12.9. The van der Waals surface area contributed by atoms with Crippen LogP contribution in [0.4, 0.5) is 17.6 Å². The van der Waals surface area contributed by atoms with Gasteiger partial charge in [0.1, 0.15) is 5.82 Å². The van der Waals surface area contributed by atoms with Crippen molar-refractivity contribution in [3.63, 3.8) is 0 Å². The standard InChI is InChI=1S/C22H21F4N/c23-21-13-18(22(24,25)26)7-6-17(21)10-16-11-19-8-9-20(12-16)27(19)14-15-4-2-1-3-5-15/h1-7,11,13,19-20H,8-10,12,14H2. The van der Waals surface area contributed by atoms with Crippen molar-refractivity contribution in [2.24, 2.45) is 0 Å². The van der Waals surface area contributed by atoms with Gasteiger partial charge in [-0.2, -0.15) is 13.2 Å². The zero-order valence-electron chi connectivity index (χ0n) is 14.8. The van der Waals surface area contributed by atoms with E-state index >= 15 is 0 Å². The zero-order valence-corrected chi connectivity index (χ0v) is 14.8. The molecule has 2 bridgehead atoms. The number of hydrogen-bond donors (Lipinski definition) is 0. The van der Waals surface area contributed by atoms with Crippen molar-refractivity contribution in [1.82, 2.24) is 4.90 Å². The second-order valence-electron chi connectivity index (χ2n) is 7.47. The third-order valence-corrected chi connectivity index (χ3v) is 5.62. The molecule has 0 radical (unpaired) electrons. The van der Waals surface area contributed by atoms with Gasteiger partial charge in [-0.15, -0.1) is 0 Å². The van der Waals surface area contributed by atoms with Crippen LogP contribution < -0.4 is 0 Å². The maximum atomic E-state index is 14.2. The third kappa shape index (κ3) is 3.93. The highest BCUT2D eigenvalue weighted by atomic mass is 19.4. The minimum atomic E-state index is -4.51. The van der Waals surface area contributed by atoms with Crippen LogP contribution in [0, 0.1) is 5.82 Å². The van der Waals surface area contributed by atoms with Gasteiger partial charge in [0.2, 0.25) is 0 Å². The molecule has 0 aromatic heterocycles. The Morgan fingerprint density at radius 1 is 1.00 bits per heavy atom. The fourth-order valence-electron chi connectivity index (χ4n) is 4.29. The normalized spacial score (nSPS) is 22.7. The summed E-state index contributed by atoms with van der Waals surface area (Å²) < 4.78 is 52.3. The Bertz CT molecular complexity index is 841. The number of fused-ring (bicyclic) bond motifs is 2. The Labute approximate surface area is 156 Å². The number of hydrogen-bond acceptors (Lipinski definition) is 1. The maximum absolute atomic E-state index is 14.2. The first kappa shape index (κ1) is 18.2. The molecule has 5 heteroatoms. The molecule has 27 heavy (non-hydrogen) atoms. The largest absolute Gasteiger partial charge is 0.416 e. The van der Waals surface area contributed by atoms with Crippen molar-refractivity contribution < 1.29 is 17.6 Å². The molecule has 0 saturated carbocycles. The molecule has 2 heterocycles.